The highest BCUT2D eigenvalue weighted by atomic mass is 19.1. The van der Waals surface area contributed by atoms with E-state index in [1.807, 2.05) is 4.57 Å². The molecule has 0 radical (unpaired) electrons. The standard InChI is InChI=1S/C13H16FN5O2/c1-21-12(20)7-2-4-8(5-3-7)19-6-16-9-10(15)17-13(14)18-11(9)19/h6-8H,2-5H2,1H3,(H2,15,17,18). The second-order valence-corrected chi connectivity index (χ2v) is 5.23. The van der Waals surface area contributed by atoms with E-state index < -0.39 is 6.08 Å². The third-order valence-electron chi connectivity index (χ3n) is 4.05. The van der Waals surface area contributed by atoms with Crippen LogP contribution in [-0.4, -0.2) is 32.6 Å². The number of esters is 1. The lowest BCUT2D eigenvalue weighted by Crippen LogP contribution is -2.24. The molecule has 21 heavy (non-hydrogen) atoms. The van der Waals surface area contributed by atoms with Gasteiger partial charge in [0.25, 0.3) is 0 Å². The van der Waals surface area contributed by atoms with E-state index in [1.165, 1.54) is 7.11 Å². The van der Waals surface area contributed by atoms with Gasteiger partial charge in [-0.15, -0.1) is 0 Å². The number of hydrogen-bond acceptors (Lipinski definition) is 6. The zero-order valence-electron chi connectivity index (χ0n) is 11.6. The number of aromatic nitrogens is 4. The molecule has 0 saturated heterocycles. The van der Waals surface area contributed by atoms with Crippen molar-refractivity contribution < 1.29 is 13.9 Å². The third-order valence-corrected chi connectivity index (χ3v) is 4.05. The normalized spacial score (nSPS) is 22.4. The smallest absolute Gasteiger partial charge is 0.312 e. The number of carbonyl (C=O) groups excluding carboxylic acids is 1. The molecule has 0 spiro atoms. The maximum absolute atomic E-state index is 13.3. The fourth-order valence-corrected chi connectivity index (χ4v) is 2.93. The highest BCUT2D eigenvalue weighted by molar-refractivity contribution is 5.81. The Bertz CT molecular complexity index is 678. The summed E-state index contributed by atoms with van der Waals surface area (Å²) in [6, 6.07) is 0.129. The number of anilines is 1. The number of rotatable bonds is 2. The van der Waals surface area contributed by atoms with Crippen molar-refractivity contribution in [1.29, 1.82) is 0 Å². The lowest BCUT2D eigenvalue weighted by atomic mass is 9.86. The molecule has 3 rings (SSSR count). The minimum absolute atomic E-state index is 0.0412. The van der Waals surface area contributed by atoms with Crippen LogP contribution in [0.3, 0.4) is 0 Å². The van der Waals surface area contributed by atoms with Crippen LogP contribution in [0.5, 0.6) is 0 Å². The molecule has 0 bridgehead atoms. The zero-order chi connectivity index (χ0) is 15.0. The van der Waals surface area contributed by atoms with Crippen LogP contribution in [0, 0.1) is 12.0 Å². The first-order valence-electron chi connectivity index (χ1n) is 6.83. The Morgan fingerprint density at radius 2 is 2.10 bits per heavy atom. The van der Waals surface area contributed by atoms with Crippen LogP contribution in [0.2, 0.25) is 0 Å². The van der Waals surface area contributed by atoms with Crippen LogP contribution in [0.15, 0.2) is 6.33 Å². The molecule has 2 heterocycles. The summed E-state index contributed by atoms with van der Waals surface area (Å²) in [5.74, 6) is -0.182. The van der Waals surface area contributed by atoms with Crippen molar-refractivity contribution in [2.75, 3.05) is 12.8 Å². The number of hydrogen-bond donors (Lipinski definition) is 1. The molecule has 1 fully saturated rings. The highest BCUT2D eigenvalue weighted by Gasteiger charge is 2.29. The lowest BCUT2D eigenvalue weighted by molar-refractivity contribution is -0.146. The molecule has 0 amide bonds. The average Bonchev–Trinajstić information content (AvgIpc) is 2.90. The first kappa shape index (κ1) is 13.7. The number of ether oxygens (including phenoxy) is 1. The molecule has 7 nitrogen and oxygen atoms in total. The van der Waals surface area contributed by atoms with Crippen LogP contribution in [-0.2, 0) is 9.53 Å². The quantitative estimate of drug-likeness (QED) is 0.665. The van der Waals surface area contributed by atoms with Crippen LogP contribution in [0.25, 0.3) is 11.2 Å². The second-order valence-electron chi connectivity index (χ2n) is 5.23. The number of methoxy groups -OCH3 is 1. The Kier molecular flexibility index (Phi) is 3.44. The van der Waals surface area contributed by atoms with Crippen molar-refractivity contribution in [3.63, 3.8) is 0 Å². The minimum Gasteiger partial charge on any atom is -0.469 e. The molecule has 0 atom stereocenters. The van der Waals surface area contributed by atoms with E-state index in [1.54, 1.807) is 6.33 Å². The van der Waals surface area contributed by atoms with Crippen molar-refractivity contribution in [3.8, 4) is 0 Å². The molecule has 1 saturated carbocycles. The molecule has 0 aliphatic heterocycles. The molecule has 0 unspecified atom stereocenters. The van der Waals surface area contributed by atoms with Crippen molar-refractivity contribution in [1.82, 2.24) is 19.5 Å². The molecule has 1 aliphatic rings. The third kappa shape index (κ3) is 2.41. The van der Waals surface area contributed by atoms with Gasteiger partial charge >= 0.3 is 12.0 Å². The number of nitrogens with two attached hydrogens (primary N) is 1. The van der Waals surface area contributed by atoms with Gasteiger partial charge in [0.1, 0.15) is 5.52 Å². The largest absolute Gasteiger partial charge is 0.469 e. The molecule has 2 N–H and O–H groups in total. The van der Waals surface area contributed by atoms with Gasteiger partial charge < -0.3 is 15.0 Å². The lowest BCUT2D eigenvalue weighted by Gasteiger charge is -2.27. The van der Waals surface area contributed by atoms with E-state index in [2.05, 4.69) is 15.0 Å². The van der Waals surface area contributed by atoms with E-state index in [-0.39, 0.29) is 23.7 Å². The Morgan fingerprint density at radius 1 is 1.38 bits per heavy atom. The first-order chi connectivity index (χ1) is 10.1. The van der Waals surface area contributed by atoms with Gasteiger partial charge in [0.2, 0.25) is 0 Å². The van der Waals surface area contributed by atoms with E-state index in [9.17, 15) is 9.18 Å². The molecule has 1 aliphatic carbocycles. The Hall–Kier alpha value is -2.25. The SMILES string of the molecule is COC(=O)C1CCC(n2cnc3c(N)nc(F)nc32)CC1. The van der Waals surface area contributed by atoms with E-state index in [0.29, 0.717) is 11.2 Å². The van der Waals surface area contributed by atoms with Gasteiger partial charge in [-0.1, -0.05) is 0 Å². The summed E-state index contributed by atoms with van der Waals surface area (Å²) in [6.07, 6.45) is 3.80. The summed E-state index contributed by atoms with van der Waals surface area (Å²) in [5, 5.41) is 0. The number of nitrogen functional groups attached to an aromatic ring is 1. The Balaban J connectivity index is 1.84. The summed E-state index contributed by atoms with van der Waals surface area (Å²) >= 11 is 0. The van der Waals surface area contributed by atoms with Gasteiger partial charge in [0.05, 0.1) is 19.4 Å². The summed E-state index contributed by atoms with van der Waals surface area (Å²) < 4.78 is 19.9. The van der Waals surface area contributed by atoms with Crippen molar-refractivity contribution in [2.45, 2.75) is 31.7 Å². The molecule has 8 heteroatoms. The van der Waals surface area contributed by atoms with Crippen LogP contribution < -0.4 is 5.73 Å². The van der Waals surface area contributed by atoms with Gasteiger partial charge in [-0.05, 0) is 25.7 Å². The van der Waals surface area contributed by atoms with E-state index >= 15 is 0 Å². The fourth-order valence-electron chi connectivity index (χ4n) is 2.93. The molecular formula is C13H16FN5O2. The predicted octanol–water partition coefficient (Wildman–Crippen LogP) is 1.45. The molecule has 2 aromatic heterocycles. The van der Waals surface area contributed by atoms with E-state index in [4.69, 9.17) is 10.5 Å². The summed E-state index contributed by atoms with van der Waals surface area (Å²) in [5.41, 5.74) is 6.46. The van der Waals surface area contributed by atoms with Crippen molar-refractivity contribution in [3.05, 3.63) is 12.4 Å². The van der Waals surface area contributed by atoms with Gasteiger partial charge in [-0.2, -0.15) is 14.4 Å². The number of fused-ring (bicyclic) bond motifs is 1. The Morgan fingerprint density at radius 3 is 2.76 bits per heavy atom. The van der Waals surface area contributed by atoms with Crippen molar-refractivity contribution >= 4 is 23.0 Å². The van der Waals surface area contributed by atoms with Gasteiger partial charge in [0.15, 0.2) is 11.5 Å². The number of nitrogens with zero attached hydrogens (tertiary/aromatic N) is 4. The molecule has 0 aromatic carbocycles. The second kappa shape index (κ2) is 5.27. The maximum atomic E-state index is 13.3. The molecule has 112 valence electrons. The molecular weight excluding hydrogens is 277 g/mol. The Labute approximate surface area is 120 Å². The number of carbonyl (C=O) groups is 1. The number of imidazole rings is 1. The van der Waals surface area contributed by atoms with Crippen molar-refractivity contribution in [2.24, 2.45) is 5.92 Å². The summed E-state index contributed by atoms with van der Waals surface area (Å²) in [7, 11) is 1.40. The zero-order valence-corrected chi connectivity index (χ0v) is 11.6. The van der Waals surface area contributed by atoms with Crippen LogP contribution >= 0.6 is 0 Å². The first-order valence-corrected chi connectivity index (χ1v) is 6.83. The topological polar surface area (TPSA) is 95.9 Å². The monoisotopic (exact) mass is 293 g/mol. The average molecular weight is 293 g/mol. The molecule has 2 aromatic rings. The minimum atomic E-state index is -0.856. The van der Waals surface area contributed by atoms with E-state index in [0.717, 1.165) is 25.7 Å². The van der Waals surface area contributed by atoms with Crippen LogP contribution in [0.1, 0.15) is 31.7 Å². The van der Waals surface area contributed by atoms with Gasteiger partial charge in [-0.3, -0.25) is 4.79 Å². The number of halogens is 1. The summed E-state index contributed by atoms with van der Waals surface area (Å²) in [6.45, 7) is 0. The van der Waals surface area contributed by atoms with Gasteiger partial charge in [-0.25, -0.2) is 4.98 Å². The highest BCUT2D eigenvalue weighted by Crippen LogP contribution is 2.34. The maximum Gasteiger partial charge on any atom is 0.312 e. The summed E-state index contributed by atoms with van der Waals surface area (Å²) in [4.78, 5) is 23.0. The van der Waals surface area contributed by atoms with Crippen LogP contribution in [0.4, 0.5) is 10.2 Å². The van der Waals surface area contributed by atoms with Gasteiger partial charge in [0, 0.05) is 6.04 Å². The predicted molar refractivity (Wildman–Crippen MR) is 72.7 cm³/mol. The fraction of sp³-hybridized carbons (Fsp3) is 0.538.